The van der Waals surface area contributed by atoms with Crippen LogP contribution in [0, 0.1) is 0 Å². The highest BCUT2D eigenvalue weighted by Gasteiger charge is 2.20. The van der Waals surface area contributed by atoms with Crippen molar-refractivity contribution in [2.45, 2.75) is 31.5 Å². The first-order chi connectivity index (χ1) is 16.7. The number of rotatable bonds is 10. The molecule has 4 nitrogen and oxygen atoms in total. The number of amides is 1. The summed E-state index contributed by atoms with van der Waals surface area (Å²) < 4.78 is 2.34. The van der Waals surface area contributed by atoms with Crippen molar-refractivity contribution in [2.24, 2.45) is 0 Å². The van der Waals surface area contributed by atoms with Crippen molar-refractivity contribution in [3.63, 3.8) is 0 Å². The normalized spacial score (nSPS) is 10.9. The zero-order valence-corrected chi connectivity index (χ0v) is 20.8. The molecule has 0 saturated heterocycles. The first-order valence-electron chi connectivity index (χ1n) is 11.5. The van der Waals surface area contributed by atoms with Gasteiger partial charge in [-0.25, -0.2) is 4.98 Å². The van der Waals surface area contributed by atoms with Crippen molar-refractivity contribution >= 4 is 29.3 Å². The molecule has 0 radical (unpaired) electrons. The number of unbranched alkanes of at least 4 members (excludes halogenated alkanes) is 1. The number of halogens is 1. The minimum atomic E-state index is -0.0958. The summed E-state index contributed by atoms with van der Waals surface area (Å²) in [6.45, 7) is 3.66. The quantitative estimate of drug-likeness (QED) is 0.189. The van der Waals surface area contributed by atoms with E-state index in [2.05, 4.69) is 53.2 Å². The van der Waals surface area contributed by atoms with Gasteiger partial charge < -0.3 is 9.88 Å². The number of carbonyl (C=O) groups excluding carboxylic acids is 1. The molecule has 4 aromatic rings. The maximum Gasteiger partial charge on any atom is 0.251 e. The number of carbonyl (C=O) groups is 1. The molecule has 1 heterocycles. The summed E-state index contributed by atoms with van der Waals surface area (Å²) in [5, 5.41) is 4.59. The Hall–Kier alpha value is -3.02. The molecule has 6 heteroatoms. The molecule has 0 aliphatic rings. The molecule has 3 aromatic carbocycles. The van der Waals surface area contributed by atoms with Gasteiger partial charge in [-0.2, -0.15) is 0 Å². The SMILES string of the molecule is CCCCn1c(SCCNC(=O)c2ccc(Cl)cc2)nc(-c2ccccc2)c1-c1ccccc1. The molecular weight excluding hydrogens is 462 g/mol. The van der Waals surface area contributed by atoms with Gasteiger partial charge in [0, 0.05) is 40.6 Å². The van der Waals surface area contributed by atoms with Gasteiger partial charge in [-0.15, -0.1) is 0 Å². The van der Waals surface area contributed by atoms with E-state index in [1.165, 1.54) is 0 Å². The highest BCUT2D eigenvalue weighted by molar-refractivity contribution is 7.99. The molecule has 34 heavy (non-hydrogen) atoms. The minimum absolute atomic E-state index is 0.0958. The topological polar surface area (TPSA) is 46.9 Å². The molecule has 174 valence electrons. The molecule has 0 saturated carbocycles. The molecule has 0 unspecified atom stereocenters. The lowest BCUT2D eigenvalue weighted by molar-refractivity contribution is 0.0956. The highest BCUT2D eigenvalue weighted by Crippen LogP contribution is 2.36. The Kier molecular flexibility index (Phi) is 8.45. The summed E-state index contributed by atoms with van der Waals surface area (Å²) in [5.74, 6) is 0.631. The van der Waals surface area contributed by atoms with Crippen LogP contribution in [0.4, 0.5) is 0 Å². The third-order valence-corrected chi connectivity index (χ3v) is 6.72. The summed E-state index contributed by atoms with van der Waals surface area (Å²) in [4.78, 5) is 17.5. The van der Waals surface area contributed by atoms with Crippen LogP contribution in [-0.2, 0) is 6.54 Å². The van der Waals surface area contributed by atoms with Crippen molar-refractivity contribution < 1.29 is 4.79 Å². The Morgan fingerprint density at radius 1 is 0.941 bits per heavy atom. The Morgan fingerprint density at radius 2 is 1.59 bits per heavy atom. The molecular formula is C28H28ClN3OS. The van der Waals surface area contributed by atoms with Gasteiger partial charge in [0.2, 0.25) is 0 Å². The molecule has 1 N–H and O–H groups in total. The van der Waals surface area contributed by atoms with Crippen LogP contribution in [0.5, 0.6) is 0 Å². The largest absolute Gasteiger partial charge is 0.351 e. The second kappa shape index (κ2) is 11.9. The van der Waals surface area contributed by atoms with Gasteiger partial charge in [-0.1, -0.05) is 97.4 Å². The van der Waals surface area contributed by atoms with Crippen LogP contribution >= 0.6 is 23.4 Å². The van der Waals surface area contributed by atoms with Crippen molar-refractivity contribution in [3.8, 4) is 22.5 Å². The van der Waals surface area contributed by atoms with E-state index in [9.17, 15) is 4.79 Å². The molecule has 0 atom stereocenters. The van der Waals surface area contributed by atoms with Crippen molar-refractivity contribution in [1.82, 2.24) is 14.9 Å². The number of nitrogens with zero attached hydrogens (tertiary/aromatic N) is 2. The number of nitrogens with one attached hydrogen (secondary N) is 1. The van der Waals surface area contributed by atoms with Crippen LogP contribution in [0.25, 0.3) is 22.5 Å². The first-order valence-corrected chi connectivity index (χ1v) is 12.9. The molecule has 0 aliphatic heterocycles. The fraction of sp³-hybridized carbons (Fsp3) is 0.214. The number of benzene rings is 3. The second-order valence-corrected chi connectivity index (χ2v) is 9.44. The van der Waals surface area contributed by atoms with Crippen molar-refractivity contribution in [1.29, 1.82) is 0 Å². The predicted octanol–water partition coefficient (Wildman–Crippen LogP) is 7.19. The minimum Gasteiger partial charge on any atom is -0.351 e. The maximum atomic E-state index is 12.4. The molecule has 0 spiro atoms. The van der Waals surface area contributed by atoms with Gasteiger partial charge in [-0.3, -0.25) is 4.79 Å². The summed E-state index contributed by atoms with van der Waals surface area (Å²) >= 11 is 7.60. The number of hydrogen-bond donors (Lipinski definition) is 1. The Balaban J connectivity index is 1.57. The number of hydrogen-bond acceptors (Lipinski definition) is 3. The van der Waals surface area contributed by atoms with E-state index in [1.807, 2.05) is 24.3 Å². The smallest absolute Gasteiger partial charge is 0.251 e. The molecule has 0 bridgehead atoms. The number of aromatic nitrogens is 2. The summed E-state index contributed by atoms with van der Waals surface area (Å²) in [5.41, 5.74) is 5.02. The number of thioether (sulfide) groups is 1. The van der Waals surface area contributed by atoms with E-state index in [0.29, 0.717) is 17.1 Å². The van der Waals surface area contributed by atoms with Crippen LogP contribution in [0.2, 0.25) is 5.02 Å². The fourth-order valence-corrected chi connectivity index (χ4v) is 4.77. The Bertz CT molecular complexity index is 1210. The molecule has 0 aliphatic carbocycles. The first kappa shape index (κ1) is 24.1. The standard InChI is InChI=1S/C28H28ClN3OS/c1-2-3-19-32-26(22-12-8-5-9-13-22)25(21-10-6-4-7-11-21)31-28(32)34-20-18-30-27(33)23-14-16-24(29)17-15-23/h4-17H,2-3,18-20H2,1H3,(H,30,33). The lowest BCUT2D eigenvalue weighted by Gasteiger charge is -2.13. The Morgan fingerprint density at radius 3 is 2.24 bits per heavy atom. The van der Waals surface area contributed by atoms with Gasteiger partial charge in [0.1, 0.15) is 0 Å². The molecule has 1 amide bonds. The lowest BCUT2D eigenvalue weighted by atomic mass is 10.0. The van der Waals surface area contributed by atoms with Crippen LogP contribution in [0.15, 0.2) is 90.1 Å². The third kappa shape index (κ3) is 5.91. The highest BCUT2D eigenvalue weighted by atomic mass is 35.5. The predicted molar refractivity (Wildman–Crippen MR) is 143 cm³/mol. The van der Waals surface area contributed by atoms with Gasteiger partial charge in [0.25, 0.3) is 5.91 Å². The zero-order chi connectivity index (χ0) is 23.8. The van der Waals surface area contributed by atoms with E-state index >= 15 is 0 Å². The fourth-order valence-electron chi connectivity index (χ4n) is 3.76. The average molecular weight is 490 g/mol. The van der Waals surface area contributed by atoms with E-state index in [1.54, 1.807) is 36.0 Å². The van der Waals surface area contributed by atoms with Crippen LogP contribution in [0.3, 0.4) is 0 Å². The van der Waals surface area contributed by atoms with Crippen LogP contribution < -0.4 is 5.32 Å². The monoisotopic (exact) mass is 489 g/mol. The van der Waals surface area contributed by atoms with Gasteiger partial charge in [-0.05, 0) is 30.7 Å². The summed E-state index contributed by atoms with van der Waals surface area (Å²) in [7, 11) is 0. The second-order valence-electron chi connectivity index (χ2n) is 7.94. The summed E-state index contributed by atoms with van der Waals surface area (Å²) in [6.07, 6.45) is 2.18. The maximum absolute atomic E-state index is 12.4. The average Bonchev–Trinajstić information content (AvgIpc) is 3.25. The van der Waals surface area contributed by atoms with Crippen molar-refractivity contribution in [3.05, 3.63) is 95.5 Å². The van der Waals surface area contributed by atoms with E-state index in [0.717, 1.165) is 52.8 Å². The van der Waals surface area contributed by atoms with Crippen molar-refractivity contribution in [2.75, 3.05) is 12.3 Å². The number of imidazole rings is 1. The molecule has 0 fully saturated rings. The van der Waals surface area contributed by atoms with Crippen LogP contribution in [0.1, 0.15) is 30.1 Å². The van der Waals surface area contributed by atoms with E-state index in [-0.39, 0.29) is 5.91 Å². The van der Waals surface area contributed by atoms with Crippen LogP contribution in [-0.4, -0.2) is 27.8 Å². The van der Waals surface area contributed by atoms with Gasteiger partial charge in [0.15, 0.2) is 5.16 Å². The van der Waals surface area contributed by atoms with Gasteiger partial charge in [0.05, 0.1) is 11.4 Å². The third-order valence-electron chi connectivity index (χ3n) is 5.49. The lowest BCUT2D eigenvalue weighted by Crippen LogP contribution is -2.25. The van der Waals surface area contributed by atoms with E-state index < -0.39 is 0 Å². The van der Waals surface area contributed by atoms with E-state index in [4.69, 9.17) is 16.6 Å². The van der Waals surface area contributed by atoms with Gasteiger partial charge >= 0.3 is 0 Å². The summed E-state index contributed by atoms with van der Waals surface area (Å²) in [6, 6.07) is 27.7. The Labute approximate surface area is 210 Å². The zero-order valence-electron chi connectivity index (χ0n) is 19.2. The molecule has 4 rings (SSSR count). The molecule has 1 aromatic heterocycles.